The molecule has 9 nitrogen and oxygen atoms in total. The summed E-state index contributed by atoms with van der Waals surface area (Å²) in [5, 5.41) is 5.02. The Bertz CT molecular complexity index is 1460. The number of nitrogens with zero attached hydrogens (tertiary/aromatic N) is 5. The van der Waals surface area contributed by atoms with Crippen molar-refractivity contribution in [3.63, 3.8) is 0 Å². The van der Waals surface area contributed by atoms with Crippen LogP contribution in [0.2, 0.25) is 20.4 Å². The van der Waals surface area contributed by atoms with Crippen molar-refractivity contribution in [3.8, 4) is 0 Å². The molecule has 0 amide bonds. The molecule has 0 fully saturated rings. The lowest BCUT2D eigenvalue weighted by atomic mass is 10.1. The van der Waals surface area contributed by atoms with Gasteiger partial charge in [0.2, 0.25) is 11.2 Å². The highest BCUT2D eigenvalue weighted by atomic mass is 35.5. The van der Waals surface area contributed by atoms with Crippen molar-refractivity contribution in [2.75, 3.05) is 0 Å². The predicted octanol–water partition coefficient (Wildman–Crippen LogP) is 4.91. The van der Waals surface area contributed by atoms with Crippen molar-refractivity contribution in [2.45, 2.75) is 52.1 Å². The molecule has 0 aliphatic carbocycles. The Kier molecular flexibility index (Phi) is 7.67. The average molecular weight is 546 g/mol. The molecule has 0 bridgehead atoms. The average Bonchev–Trinajstić information content (AvgIpc) is 3.42. The second kappa shape index (κ2) is 10.5. The third-order valence-corrected chi connectivity index (χ3v) is 6.83. The first-order chi connectivity index (χ1) is 16.3. The van der Waals surface area contributed by atoms with Crippen LogP contribution in [-0.4, -0.2) is 29.2 Å². The summed E-state index contributed by atoms with van der Waals surface area (Å²) in [6, 6.07) is 3.40. The highest BCUT2D eigenvalue weighted by molar-refractivity contribution is 6.48. The van der Waals surface area contributed by atoms with E-state index < -0.39 is 11.2 Å². The first-order valence-electron chi connectivity index (χ1n) is 10.6. The van der Waals surface area contributed by atoms with Crippen LogP contribution in [0.4, 0.5) is 0 Å². The summed E-state index contributed by atoms with van der Waals surface area (Å²) in [7, 11) is 0. The smallest absolute Gasteiger partial charge is 0.332 e. The number of benzene rings is 1. The molecule has 0 aliphatic rings. The van der Waals surface area contributed by atoms with Gasteiger partial charge in [-0.05, 0) is 36.1 Å². The lowest BCUT2D eigenvalue weighted by Gasteiger charge is -2.10. The van der Waals surface area contributed by atoms with Crippen LogP contribution in [0.5, 0.6) is 0 Å². The summed E-state index contributed by atoms with van der Waals surface area (Å²) in [6.07, 6.45) is 2.79. The van der Waals surface area contributed by atoms with Gasteiger partial charge in [0.1, 0.15) is 0 Å². The maximum absolute atomic E-state index is 13.0. The third kappa shape index (κ3) is 5.02. The van der Waals surface area contributed by atoms with E-state index in [1.165, 1.54) is 9.13 Å². The fraction of sp³-hybridized carbons (Fsp3) is 0.381. The molecule has 0 spiro atoms. The Balaban J connectivity index is 1.49. The van der Waals surface area contributed by atoms with Crippen LogP contribution in [0.15, 0.2) is 26.2 Å². The zero-order valence-corrected chi connectivity index (χ0v) is 21.1. The quantitative estimate of drug-likeness (QED) is 0.236. The Morgan fingerprint density at radius 3 is 2.53 bits per heavy atom. The number of aromatic nitrogens is 6. The zero-order chi connectivity index (χ0) is 24.4. The van der Waals surface area contributed by atoms with E-state index in [0.717, 1.165) is 12.8 Å². The summed E-state index contributed by atoms with van der Waals surface area (Å²) in [5.74, 6) is 0.819. The first kappa shape index (κ1) is 24.8. The van der Waals surface area contributed by atoms with Crippen LogP contribution in [0, 0.1) is 0 Å². The molecule has 0 atom stereocenters. The van der Waals surface area contributed by atoms with Crippen LogP contribution in [0.1, 0.15) is 43.5 Å². The van der Waals surface area contributed by atoms with E-state index in [1.807, 2.05) is 6.92 Å². The van der Waals surface area contributed by atoms with Gasteiger partial charge >= 0.3 is 5.69 Å². The van der Waals surface area contributed by atoms with Crippen molar-refractivity contribution >= 4 is 57.6 Å². The van der Waals surface area contributed by atoms with Crippen LogP contribution in [0.3, 0.4) is 0 Å². The van der Waals surface area contributed by atoms with Gasteiger partial charge in [0.25, 0.3) is 5.56 Å². The number of unbranched alkanes of at least 4 members (excludes halogenated alkanes) is 1. The number of nitrogens with one attached hydrogen (secondary N) is 1. The zero-order valence-electron chi connectivity index (χ0n) is 18.1. The van der Waals surface area contributed by atoms with E-state index in [4.69, 9.17) is 50.9 Å². The summed E-state index contributed by atoms with van der Waals surface area (Å²) >= 11 is 24.2. The van der Waals surface area contributed by atoms with Crippen molar-refractivity contribution in [1.29, 1.82) is 0 Å². The molecular formula is C21H20Cl4N6O3. The van der Waals surface area contributed by atoms with Crippen molar-refractivity contribution in [3.05, 3.63) is 70.6 Å². The third-order valence-electron chi connectivity index (χ3n) is 5.31. The Hall–Kier alpha value is -2.33. The van der Waals surface area contributed by atoms with Gasteiger partial charge < -0.3 is 9.51 Å². The molecule has 3 heterocycles. The second-order valence-corrected chi connectivity index (χ2v) is 9.21. The SMILES string of the molecule is CCCCn1c(=O)n(CCCc2nc(Cc3ccc(Cl)c(Cl)c3Cl)no2)c(=O)c2[nH]c(Cl)nc21. The molecule has 0 saturated carbocycles. The van der Waals surface area contributed by atoms with E-state index in [2.05, 4.69) is 20.1 Å². The molecule has 13 heteroatoms. The highest BCUT2D eigenvalue weighted by Crippen LogP contribution is 2.33. The maximum atomic E-state index is 13.0. The number of halogens is 4. The minimum absolute atomic E-state index is 0.0648. The van der Waals surface area contributed by atoms with Crippen molar-refractivity contribution in [2.24, 2.45) is 0 Å². The fourth-order valence-corrected chi connectivity index (χ4v) is 4.37. The standard InChI is InChI=1S/C21H20Cl4N6O3/c1-2-3-8-30-18-17(27-20(25)28-18)19(32)31(21(30)33)9-4-5-14-26-13(29-34-14)10-11-6-7-12(22)16(24)15(11)23/h6-7H,2-5,8-10H2,1H3,(H,27,28). The maximum Gasteiger partial charge on any atom is 0.332 e. The molecule has 3 aromatic heterocycles. The summed E-state index contributed by atoms with van der Waals surface area (Å²) < 4.78 is 7.97. The number of hydrogen-bond acceptors (Lipinski definition) is 6. The molecule has 34 heavy (non-hydrogen) atoms. The lowest BCUT2D eigenvalue weighted by Crippen LogP contribution is -2.40. The molecule has 0 saturated heterocycles. The van der Waals surface area contributed by atoms with Crippen LogP contribution >= 0.6 is 46.4 Å². The summed E-state index contributed by atoms with van der Waals surface area (Å²) in [6.45, 7) is 2.63. The second-order valence-electron chi connectivity index (χ2n) is 7.69. The van der Waals surface area contributed by atoms with Crippen LogP contribution in [0.25, 0.3) is 11.2 Å². The highest BCUT2D eigenvalue weighted by Gasteiger charge is 2.17. The number of aromatic amines is 1. The monoisotopic (exact) mass is 544 g/mol. The Morgan fingerprint density at radius 2 is 1.76 bits per heavy atom. The van der Waals surface area contributed by atoms with Gasteiger partial charge in [-0.2, -0.15) is 9.97 Å². The first-order valence-corrected chi connectivity index (χ1v) is 12.1. The Labute approximate surface area is 213 Å². The summed E-state index contributed by atoms with van der Waals surface area (Å²) in [4.78, 5) is 37.1. The predicted molar refractivity (Wildman–Crippen MR) is 131 cm³/mol. The van der Waals surface area contributed by atoms with E-state index in [9.17, 15) is 9.59 Å². The van der Waals surface area contributed by atoms with Gasteiger partial charge in [0.15, 0.2) is 17.0 Å². The lowest BCUT2D eigenvalue weighted by molar-refractivity contribution is 0.367. The minimum Gasteiger partial charge on any atom is -0.339 e. The van der Waals surface area contributed by atoms with E-state index in [0.29, 0.717) is 53.1 Å². The molecule has 1 aromatic carbocycles. The molecular weight excluding hydrogens is 526 g/mol. The van der Waals surface area contributed by atoms with Gasteiger partial charge in [-0.15, -0.1) is 0 Å². The molecule has 4 aromatic rings. The number of H-pyrrole nitrogens is 1. The molecule has 1 N–H and O–H groups in total. The molecule has 0 unspecified atom stereocenters. The molecule has 0 radical (unpaired) electrons. The van der Waals surface area contributed by atoms with Gasteiger partial charge in [0, 0.05) is 25.9 Å². The normalized spacial score (nSPS) is 11.6. The summed E-state index contributed by atoms with van der Waals surface area (Å²) in [5.41, 5.74) is 0.308. The topological polar surface area (TPSA) is 112 Å². The van der Waals surface area contributed by atoms with Gasteiger partial charge in [-0.1, -0.05) is 59.4 Å². The number of aryl methyl sites for hydroxylation is 2. The number of rotatable bonds is 9. The van der Waals surface area contributed by atoms with Crippen LogP contribution < -0.4 is 11.2 Å². The number of imidazole rings is 1. The van der Waals surface area contributed by atoms with Crippen molar-refractivity contribution in [1.82, 2.24) is 29.2 Å². The van der Waals surface area contributed by atoms with Gasteiger partial charge in [0.05, 0.1) is 15.1 Å². The molecule has 0 aliphatic heterocycles. The molecule has 180 valence electrons. The van der Waals surface area contributed by atoms with Crippen molar-refractivity contribution < 1.29 is 4.52 Å². The van der Waals surface area contributed by atoms with E-state index in [-0.39, 0.29) is 28.0 Å². The van der Waals surface area contributed by atoms with Crippen LogP contribution in [-0.2, 0) is 25.9 Å². The minimum atomic E-state index is -0.465. The van der Waals surface area contributed by atoms with E-state index in [1.54, 1.807) is 12.1 Å². The van der Waals surface area contributed by atoms with E-state index >= 15 is 0 Å². The molecule has 4 rings (SSSR count). The number of fused-ring (bicyclic) bond motifs is 1. The largest absolute Gasteiger partial charge is 0.339 e. The number of hydrogen-bond donors (Lipinski definition) is 1. The van der Waals surface area contributed by atoms with Gasteiger partial charge in [-0.25, -0.2) is 4.79 Å². The fourth-order valence-electron chi connectivity index (χ4n) is 3.58. The van der Waals surface area contributed by atoms with Gasteiger partial charge in [-0.3, -0.25) is 13.9 Å². The Morgan fingerprint density at radius 1 is 1.00 bits per heavy atom.